The molecule has 0 radical (unpaired) electrons. The zero-order valence-corrected chi connectivity index (χ0v) is 16.8. The average molecular weight is 402 g/mol. The van der Waals surface area contributed by atoms with Crippen LogP contribution in [0, 0.1) is 6.92 Å². The van der Waals surface area contributed by atoms with Gasteiger partial charge in [0.1, 0.15) is 12.4 Å². The lowest BCUT2D eigenvalue weighted by molar-refractivity contribution is -0.147. The maximum atomic E-state index is 12.7. The highest BCUT2D eigenvalue weighted by Crippen LogP contribution is 2.42. The van der Waals surface area contributed by atoms with Crippen LogP contribution in [0.5, 0.6) is 0 Å². The van der Waals surface area contributed by atoms with Crippen molar-refractivity contribution in [1.29, 1.82) is 0 Å². The molecular weight excluding hydrogens is 376 g/mol. The van der Waals surface area contributed by atoms with E-state index in [1.165, 1.54) is 7.11 Å². The Morgan fingerprint density at radius 2 is 2.03 bits per heavy atom. The normalized spacial score (nSPS) is 18.1. The fraction of sp³-hybridized carbons (Fsp3) is 0.667. The Morgan fingerprint density at radius 1 is 1.24 bits per heavy atom. The number of hydrogen-bond donors (Lipinski definition) is 1. The third kappa shape index (κ3) is 3.50. The molecule has 1 saturated heterocycles. The number of hydrogen-bond acceptors (Lipinski definition) is 7. The van der Waals surface area contributed by atoms with Crippen LogP contribution in [0.15, 0.2) is 6.33 Å². The van der Waals surface area contributed by atoms with E-state index < -0.39 is 5.54 Å². The zero-order valence-electron chi connectivity index (χ0n) is 16.8. The summed E-state index contributed by atoms with van der Waals surface area (Å²) in [4.78, 5) is 37.0. The summed E-state index contributed by atoms with van der Waals surface area (Å²) in [6.07, 6.45) is 4.12. The first-order valence-electron chi connectivity index (χ1n) is 9.88. The molecule has 2 aromatic rings. The van der Waals surface area contributed by atoms with Gasteiger partial charge in [-0.15, -0.1) is 5.10 Å². The largest absolute Gasteiger partial charge is 0.375 e. The number of likely N-dealkylation sites (tertiary alicyclic amines) is 1. The number of nitrogens with one attached hydrogen (secondary N) is 1. The SMILES string of the molecule is COCC(=O)N1CCc2[nH]cnc2C12CCN(C(=O)CCn1nnnc1C)CC2. The van der Waals surface area contributed by atoms with E-state index in [1.54, 1.807) is 11.0 Å². The van der Waals surface area contributed by atoms with Gasteiger partial charge in [0.25, 0.3) is 0 Å². The van der Waals surface area contributed by atoms with Gasteiger partial charge in [0.05, 0.1) is 24.1 Å². The summed E-state index contributed by atoms with van der Waals surface area (Å²) in [5.74, 6) is 0.730. The van der Waals surface area contributed by atoms with Crippen LogP contribution in [0.4, 0.5) is 0 Å². The van der Waals surface area contributed by atoms with Gasteiger partial charge in [-0.3, -0.25) is 9.59 Å². The molecule has 1 N–H and O–H groups in total. The molecule has 2 aromatic heterocycles. The van der Waals surface area contributed by atoms with Gasteiger partial charge in [0, 0.05) is 45.3 Å². The van der Waals surface area contributed by atoms with Crippen LogP contribution in [0.3, 0.4) is 0 Å². The molecule has 0 bridgehead atoms. The Morgan fingerprint density at radius 3 is 2.72 bits per heavy atom. The standard InChI is InChI=1S/C18H26N8O3/c1-13-21-22-23-26(13)8-4-15(27)24-9-5-18(6-10-24)17-14(19-12-20-17)3-7-25(18)16(28)11-29-2/h12H,3-11H2,1-2H3,(H,19,20). The summed E-state index contributed by atoms with van der Waals surface area (Å²) in [6, 6.07) is 0. The van der Waals surface area contributed by atoms with E-state index in [4.69, 9.17) is 4.74 Å². The molecule has 4 rings (SSSR count). The number of aromatic amines is 1. The third-order valence-electron chi connectivity index (χ3n) is 6.02. The molecule has 29 heavy (non-hydrogen) atoms. The fourth-order valence-corrected chi connectivity index (χ4v) is 4.49. The monoisotopic (exact) mass is 402 g/mol. The second-order valence-electron chi connectivity index (χ2n) is 7.57. The quantitative estimate of drug-likeness (QED) is 0.725. The van der Waals surface area contributed by atoms with Crippen LogP contribution in [-0.4, -0.2) is 85.1 Å². The van der Waals surface area contributed by atoms with Crippen molar-refractivity contribution in [3.8, 4) is 0 Å². The van der Waals surface area contributed by atoms with Crippen molar-refractivity contribution >= 4 is 11.8 Å². The van der Waals surface area contributed by atoms with E-state index in [9.17, 15) is 9.59 Å². The van der Waals surface area contributed by atoms with Gasteiger partial charge in [0.2, 0.25) is 11.8 Å². The zero-order chi connectivity index (χ0) is 20.4. The number of methoxy groups -OCH3 is 1. The van der Waals surface area contributed by atoms with Crippen molar-refractivity contribution in [3.05, 3.63) is 23.5 Å². The number of fused-ring (bicyclic) bond motifs is 2. The number of imidazole rings is 1. The first-order chi connectivity index (χ1) is 14.0. The van der Waals surface area contributed by atoms with Crippen LogP contribution in [0.25, 0.3) is 0 Å². The van der Waals surface area contributed by atoms with E-state index in [2.05, 4.69) is 25.5 Å². The van der Waals surface area contributed by atoms with E-state index in [1.807, 2.05) is 16.7 Å². The third-order valence-corrected chi connectivity index (χ3v) is 6.02. The fourth-order valence-electron chi connectivity index (χ4n) is 4.49. The van der Waals surface area contributed by atoms with Gasteiger partial charge in [0.15, 0.2) is 0 Å². The van der Waals surface area contributed by atoms with E-state index >= 15 is 0 Å². The Labute approximate surface area is 168 Å². The molecule has 2 aliphatic heterocycles. The number of carbonyl (C=O) groups is 2. The molecule has 4 heterocycles. The van der Waals surface area contributed by atoms with Crippen molar-refractivity contribution in [3.63, 3.8) is 0 Å². The van der Waals surface area contributed by atoms with Gasteiger partial charge in [-0.25, -0.2) is 9.67 Å². The van der Waals surface area contributed by atoms with E-state index in [0.717, 1.165) is 17.8 Å². The molecule has 2 amide bonds. The number of piperidine rings is 1. The van der Waals surface area contributed by atoms with Crippen LogP contribution in [0.2, 0.25) is 0 Å². The smallest absolute Gasteiger partial charge is 0.249 e. The molecule has 0 aromatic carbocycles. The van der Waals surface area contributed by atoms with Gasteiger partial charge in [-0.1, -0.05) is 0 Å². The molecule has 156 valence electrons. The van der Waals surface area contributed by atoms with Gasteiger partial charge < -0.3 is 19.5 Å². The van der Waals surface area contributed by atoms with Crippen molar-refractivity contribution in [1.82, 2.24) is 40.0 Å². The maximum absolute atomic E-state index is 12.7. The molecule has 0 unspecified atom stereocenters. The predicted molar refractivity (Wildman–Crippen MR) is 101 cm³/mol. The van der Waals surface area contributed by atoms with Crippen molar-refractivity contribution in [2.24, 2.45) is 0 Å². The highest BCUT2D eigenvalue weighted by Gasteiger charge is 2.48. The minimum atomic E-state index is -0.480. The van der Waals surface area contributed by atoms with Gasteiger partial charge >= 0.3 is 0 Å². The highest BCUT2D eigenvalue weighted by molar-refractivity contribution is 5.79. The van der Waals surface area contributed by atoms with Crippen molar-refractivity contribution < 1.29 is 14.3 Å². The molecule has 1 fully saturated rings. The number of H-pyrrole nitrogens is 1. The topological polar surface area (TPSA) is 122 Å². The lowest BCUT2D eigenvalue weighted by atomic mass is 9.78. The van der Waals surface area contributed by atoms with Crippen LogP contribution in [0.1, 0.15) is 36.5 Å². The molecular formula is C18H26N8O3. The second-order valence-corrected chi connectivity index (χ2v) is 7.57. The predicted octanol–water partition coefficient (Wildman–Crippen LogP) is -0.356. The summed E-state index contributed by atoms with van der Waals surface area (Å²) < 4.78 is 6.72. The van der Waals surface area contributed by atoms with Crippen molar-refractivity contribution in [2.45, 2.75) is 44.7 Å². The first kappa shape index (κ1) is 19.5. The lowest BCUT2D eigenvalue weighted by Crippen LogP contribution is -2.59. The Hall–Kier alpha value is -2.82. The number of carbonyl (C=O) groups excluding carboxylic acids is 2. The molecule has 11 heteroatoms. The lowest BCUT2D eigenvalue weighted by Gasteiger charge is -2.50. The van der Waals surface area contributed by atoms with Crippen LogP contribution >= 0.6 is 0 Å². The number of nitrogens with zero attached hydrogens (tertiary/aromatic N) is 7. The average Bonchev–Trinajstić information content (AvgIpc) is 3.36. The van der Waals surface area contributed by atoms with Gasteiger partial charge in [-0.2, -0.15) is 0 Å². The van der Waals surface area contributed by atoms with Gasteiger partial charge in [-0.05, 0) is 30.2 Å². The summed E-state index contributed by atoms with van der Waals surface area (Å²) in [7, 11) is 1.53. The Bertz CT molecular complexity index is 883. The summed E-state index contributed by atoms with van der Waals surface area (Å²) in [5, 5.41) is 11.3. The Balaban J connectivity index is 1.46. The number of ether oxygens (including phenoxy) is 1. The molecule has 0 saturated carbocycles. The van der Waals surface area contributed by atoms with Crippen LogP contribution in [-0.2, 0) is 32.8 Å². The number of rotatable bonds is 5. The molecule has 0 aliphatic carbocycles. The number of tetrazole rings is 1. The summed E-state index contributed by atoms with van der Waals surface area (Å²) in [6.45, 7) is 4.11. The number of aromatic nitrogens is 6. The number of amides is 2. The summed E-state index contributed by atoms with van der Waals surface area (Å²) >= 11 is 0. The number of aryl methyl sites for hydroxylation is 2. The maximum Gasteiger partial charge on any atom is 0.249 e. The minimum Gasteiger partial charge on any atom is -0.375 e. The van der Waals surface area contributed by atoms with Crippen LogP contribution < -0.4 is 0 Å². The molecule has 11 nitrogen and oxygen atoms in total. The minimum absolute atomic E-state index is 0.0323. The second kappa shape index (κ2) is 7.90. The highest BCUT2D eigenvalue weighted by atomic mass is 16.5. The van der Waals surface area contributed by atoms with Crippen molar-refractivity contribution in [2.75, 3.05) is 33.4 Å². The first-order valence-corrected chi connectivity index (χ1v) is 9.88. The van der Waals surface area contributed by atoms with E-state index in [-0.39, 0.29) is 18.4 Å². The Kier molecular flexibility index (Phi) is 5.31. The van der Waals surface area contributed by atoms with E-state index in [0.29, 0.717) is 51.3 Å². The molecule has 1 spiro atoms. The molecule has 0 atom stereocenters. The molecule has 2 aliphatic rings. The summed E-state index contributed by atoms with van der Waals surface area (Å²) in [5.41, 5.74) is 1.54.